The third-order valence-electron chi connectivity index (χ3n) is 1.73. The summed E-state index contributed by atoms with van der Waals surface area (Å²) in [5.74, 6) is -0.103. The molecule has 0 aromatic heterocycles. The molecular weight excluding hydrogens is 192 g/mol. The van der Waals surface area contributed by atoms with Crippen LogP contribution >= 0.6 is 11.8 Å². The van der Waals surface area contributed by atoms with Crippen molar-refractivity contribution in [3.05, 3.63) is 0 Å². The van der Waals surface area contributed by atoms with Crippen LogP contribution in [0.3, 0.4) is 0 Å². The molecule has 2 unspecified atom stereocenters. The number of carbonyl (C=O) groups excluding carboxylic acids is 2. The zero-order valence-electron chi connectivity index (χ0n) is 7.61. The molecule has 13 heavy (non-hydrogen) atoms. The van der Waals surface area contributed by atoms with E-state index in [9.17, 15) is 9.59 Å². The number of hydrogen-bond acceptors (Lipinski definition) is 5. The third-order valence-corrected chi connectivity index (χ3v) is 2.37. The van der Waals surface area contributed by atoms with Crippen molar-refractivity contribution in [1.82, 2.24) is 0 Å². The third kappa shape index (κ3) is 2.62. The summed E-state index contributed by atoms with van der Waals surface area (Å²) in [5, 5.41) is 0. The van der Waals surface area contributed by atoms with Crippen LogP contribution in [0.2, 0.25) is 0 Å². The normalized spacial score (nSPS) is 28.2. The lowest BCUT2D eigenvalue weighted by Crippen LogP contribution is -2.42. The van der Waals surface area contributed by atoms with Crippen LogP contribution in [0.5, 0.6) is 0 Å². The summed E-state index contributed by atoms with van der Waals surface area (Å²) in [6, 6.07) is 0. The number of rotatable bonds is 3. The summed E-state index contributed by atoms with van der Waals surface area (Å²) in [6.07, 6.45) is 1.01. The van der Waals surface area contributed by atoms with Crippen molar-refractivity contribution in [3.63, 3.8) is 0 Å². The average molecular weight is 204 g/mol. The van der Waals surface area contributed by atoms with E-state index in [1.165, 1.54) is 6.92 Å². The molecular formula is C8H12O4S. The second kappa shape index (κ2) is 4.50. The average Bonchev–Trinajstić information content (AvgIpc) is 2.09. The predicted octanol–water partition coefficient (Wildman–Crippen LogP) is 0.597. The van der Waals surface area contributed by atoms with E-state index in [2.05, 4.69) is 0 Å². The number of hydrogen-bond donors (Lipinski definition) is 0. The van der Waals surface area contributed by atoms with Gasteiger partial charge in [0.25, 0.3) is 0 Å². The minimum Gasteiger partial charge on any atom is -0.448 e. The molecule has 1 rings (SSSR count). The van der Waals surface area contributed by atoms with Crippen LogP contribution in [0.15, 0.2) is 0 Å². The molecule has 4 nitrogen and oxygen atoms in total. The predicted molar refractivity (Wildman–Crippen MR) is 48.4 cm³/mol. The van der Waals surface area contributed by atoms with Gasteiger partial charge in [0.15, 0.2) is 12.2 Å². The molecule has 0 N–H and O–H groups in total. The fourth-order valence-electron chi connectivity index (χ4n) is 0.984. The van der Waals surface area contributed by atoms with E-state index in [0.29, 0.717) is 6.42 Å². The summed E-state index contributed by atoms with van der Waals surface area (Å²) in [5.41, 5.74) is 0. The topological polar surface area (TPSA) is 52.6 Å². The van der Waals surface area contributed by atoms with Crippen molar-refractivity contribution in [2.75, 3.05) is 12.0 Å². The van der Waals surface area contributed by atoms with E-state index in [1.54, 1.807) is 11.8 Å². The first-order valence-corrected chi connectivity index (χ1v) is 5.44. The molecule has 2 atom stereocenters. The van der Waals surface area contributed by atoms with Gasteiger partial charge < -0.3 is 9.47 Å². The highest BCUT2D eigenvalue weighted by molar-refractivity contribution is 7.98. The lowest BCUT2D eigenvalue weighted by atomic mass is 10.2. The summed E-state index contributed by atoms with van der Waals surface area (Å²) in [6.45, 7) is 1.50. The van der Waals surface area contributed by atoms with Gasteiger partial charge in [0.1, 0.15) is 0 Å². The van der Waals surface area contributed by atoms with Crippen LogP contribution in [-0.4, -0.2) is 36.2 Å². The number of ether oxygens (including phenoxy) is 2. The van der Waals surface area contributed by atoms with Crippen LogP contribution in [-0.2, 0) is 19.1 Å². The van der Waals surface area contributed by atoms with Gasteiger partial charge in [-0.25, -0.2) is 9.59 Å². The Balaban J connectivity index is 2.46. The highest BCUT2D eigenvalue weighted by atomic mass is 32.2. The Morgan fingerprint density at radius 1 is 1.31 bits per heavy atom. The van der Waals surface area contributed by atoms with Gasteiger partial charge in [-0.3, -0.25) is 0 Å². The maximum atomic E-state index is 11.1. The maximum Gasteiger partial charge on any atom is 0.348 e. The molecule has 1 aliphatic heterocycles. The summed E-state index contributed by atoms with van der Waals surface area (Å²) >= 11 is 1.60. The molecule has 0 saturated carbocycles. The molecule has 0 radical (unpaired) electrons. The molecule has 1 fully saturated rings. The standard InChI is InChI=1S/C8H12O4S/c1-5-7(9)12-6(3-4-13-2)8(10)11-5/h5-6H,3-4H2,1-2H3. The van der Waals surface area contributed by atoms with Gasteiger partial charge in [-0.2, -0.15) is 11.8 Å². The molecule has 0 aromatic carbocycles. The van der Waals surface area contributed by atoms with Crippen molar-refractivity contribution in [1.29, 1.82) is 0 Å². The second-order valence-electron chi connectivity index (χ2n) is 2.79. The molecule has 1 aliphatic rings. The van der Waals surface area contributed by atoms with Gasteiger partial charge in [-0.05, 0) is 18.9 Å². The van der Waals surface area contributed by atoms with E-state index < -0.39 is 24.1 Å². The van der Waals surface area contributed by atoms with Crippen molar-refractivity contribution >= 4 is 23.7 Å². The van der Waals surface area contributed by atoms with E-state index in [0.717, 1.165) is 5.75 Å². The van der Waals surface area contributed by atoms with Gasteiger partial charge >= 0.3 is 11.9 Å². The molecule has 0 amide bonds. The van der Waals surface area contributed by atoms with Crippen molar-refractivity contribution < 1.29 is 19.1 Å². The molecule has 0 spiro atoms. The maximum absolute atomic E-state index is 11.1. The van der Waals surface area contributed by atoms with Crippen LogP contribution in [0.25, 0.3) is 0 Å². The lowest BCUT2D eigenvalue weighted by molar-refractivity contribution is -0.193. The summed E-state index contributed by atoms with van der Waals surface area (Å²) in [4.78, 5) is 22.2. The zero-order valence-corrected chi connectivity index (χ0v) is 8.43. The largest absolute Gasteiger partial charge is 0.448 e. The van der Waals surface area contributed by atoms with Crippen molar-refractivity contribution in [2.45, 2.75) is 25.6 Å². The molecule has 0 aliphatic carbocycles. The Kier molecular flexibility index (Phi) is 3.59. The van der Waals surface area contributed by atoms with Gasteiger partial charge in [0, 0.05) is 6.42 Å². The number of cyclic esters (lactones) is 2. The smallest absolute Gasteiger partial charge is 0.348 e. The molecule has 0 aromatic rings. The Labute approximate surface area is 81.0 Å². The quantitative estimate of drug-likeness (QED) is 0.630. The Morgan fingerprint density at radius 3 is 2.62 bits per heavy atom. The van der Waals surface area contributed by atoms with Crippen molar-refractivity contribution in [3.8, 4) is 0 Å². The van der Waals surface area contributed by atoms with E-state index in [-0.39, 0.29) is 0 Å². The first kappa shape index (κ1) is 10.4. The molecule has 0 bridgehead atoms. The monoisotopic (exact) mass is 204 g/mol. The first-order valence-electron chi connectivity index (χ1n) is 4.05. The Bertz CT molecular complexity index is 216. The summed E-state index contributed by atoms with van der Waals surface area (Å²) < 4.78 is 9.67. The Morgan fingerprint density at radius 2 is 2.00 bits per heavy atom. The molecule has 5 heteroatoms. The fraction of sp³-hybridized carbons (Fsp3) is 0.750. The van der Waals surface area contributed by atoms with Gasteiger partial charge in [0.2, 0.25) is 0 Å². The van der Waals surface area contributed by atoms with E-state index in [4.69, 9.17) is 9.47 Å². The Hall–Kier alpha value is -0.710. The van der Waals surface area contributed by atoms with Crippen molar-refractivity contribution in [2.24, 2.45) is 0 Å². The van der Waals surface area contributed by atoms with Gasteiger partial charge in [-0.1, -0.05) is 0 Å². The summed E-state index contributed by atoms with van der Waals surface area (Å²) in [7, 11) is 0. The minimum atomic E-state index is -0.752. The van der Waals surface area contributed by atoms with Gasteiger partial charge in [0.05, 0.1) is 0 Å². The van der Waals surface area contributed by atoms with Crippen LogP contribution in [0.1, 0.15) is 13.3 Å². The van der Waals surface area contributed by atoms with E-state index >= 15 is 0 Å². The van der Waals surface area contributed by atoms with E-state index in [1.807, 2.05) is 6.26 Å². The van der Waals surface area contributed by atoms with Crippen LogP contribution < -0.4 is 0 Å². The lowest BCUT2D eigenvalue weighted by Gasteiger charge is -2.25. The number of carbonyl (C=O) groups is 2. The van der Waals surface area contributed by atoms with Crippen LogP contribution in [0.4, 0.5) is 0 Å². The second-order valence-corrected chi connectivity index (χ2v) is 3.77. The number of thioether (sulfide) groups is 1. The zero-order chi connectivity index (χ0) is 9.84. The van der Waals surface area contributed by atoms with Crippen LogP contribution in [0, 0.1) is 0 Å². The minimum absolute atomic E-state index is 0.429. The van der Waals surface area contributed by atoms with Gasteiger partial charge in [-0.15, -0.1) is 0 Å². The SMILES string of the molecule is CSCCC1OC(=O)C(C)OC1=O. The first-order chi connectivity index (χ1) is 6.15. The number of esters is 2. The highest BCUT2D eigenvalue weighted by Crippen LogP contribution is 2.14. The molecule has 1 saturated heterocycles. The molecule has 1 heterocycles. The molecule has 74 valence electrons. The highest BCUT2D eigenvalue weighted by Gasteiger charge is 2.34. The fourth-order valence-corrected chi connectivity index (χ4v) is 1.43.